The molecular weight excluding hydrogens is 522 g/mol. The van der Waals surface area contributed by atoms with Crippen molar-refractivity contribution in [2.45, 2.75) is 76.9 Å². The summed E-state index contributed by atoms with van der Waals surface area (Å²) in [4.78, 5) is 43.3. The lowest BCUT2D eigenvalue weighted by Gasteiger charge is -2.33. The van der Waals surface area contributed by atoms with Crippen molar-refractivity contribution < 1.29 is 28.3 Å². The van der Waals surface area contributed by atoms with E-state index in [1.54, 1.807) is 20.8 Å². The number of thioether (sulfide) groups is 1. The van der Waals surface area contributed by atoms with E-state index in [1.807, 2.05) is 38.1 Å². The summed E-state index contributed by atoms with van der Waals surface area (Å²) in [6, 6.07) is 6.58. The van der Waals surface area contributed by atoms with Gasteiger partial charge in [0.2, 0.25) is 11.8 Å². The number of esters is 1. The van der Waals surface area contributed by atoms with Crippen LogP contribution in [-0.2, 0) is 32.0 Å². The minimum Gasteiger partial charge on any atom is -0.467 e. The van der Waals surface area contributed by atoms with Crippen LogP contribution in [0.1, 0.15) is 64.2 Å². The van der Waals surface area contributed by atoms with Crippen molar-refractivity contribution in [3.05, 3.63) is 41.4 Å². The molecule has 0 saturated carbocycles. The Hall–Kier alpha value is -3.54. The van der Waals surface area contributed by atoms with Crippen LogP contribution in [0.2, 0.25) is 0 Å². The zero-order valence-electron chi connectivity index (χ0n) is 23.1. The molecule has 0 radical (unpaired) electrons. The van der Waals surface area contributed by atoms with Crippen LogP contribution in [0.25, 0.3) is 10.9 Å². The molecule has 0 spiro atoms. The largest absolute Gasteiger partial charge is 0.467 e. The third-order valence-corrected chi connectivity index (χ3v) is 7.49. The van der Waals surface area contributed by atoms with Crippen LogP contribution < -0.4 is 5.32 Å². The lowest BCUT2D eigenvalue weighted by Crippen LogP contribution is -2.49. The van der Waals surface area contributed by atoms with Gasteiger partial charge in [-0.1, -0.05) is 50.2 Å². The van der Waals surface area contributed by atoms with Crippen molar-refractivity contribution in [2.24, 2.45) is 5.92 Å². The van der Waals surface area contributed by atoms with Crippen LogP contribution in [0.15, 0.2) is 33.9 Å². The van der Waals surface area contributed by atoms with Gasteiger partial charge >= 0.3 is 12.1 Å². The van der Waals surface area contributed by atoms with Gasteiger partial charge in [0.05, 0.1) is 19.4 Å². The summed E-state index contributed by atoms with van der Waals surface area (Å²) in [5, 5.41) is 12.2. The van der Waals surface area contributed by atoms with Gasteiger partial charge < -0.3 is 29.1 Å². The van der Waals surface area contributed by atoms with Crippen molar-refractivity contribution >= 4 is 40.6 Å². The zero-order chi connectivity index (χ0) is 28.3. The Morgan fingerprint density at radius 2 is 2.00 bits per heavy atom. The average molecular weight is 558 g/mol. The lowest BCUT2D eigenvalue weighted by molar-refractivity contribution is -0.153. The summed E-state index contributed by atoms with van der Waals surface area (Å²) < 4.78 is 16.2. The Kier molecular flexibility index (Phi) is 8.53. The van der Waals surface area contributed by atoms with E-state index in [0.717, 1.165) is 40.3 Å². The van der Waals surface area contributed by atoms with Gasteiger partial charge in [-0.2, -0.15) is 0 Å². The maximum Gasteiger partial charge on any atom is 0.408 e. The molecule has 39 heavy (non-hydrogen) atoms. The van der Waals surface area contributed by atoms with Crippen molar-refractivity contribution in [3.63, 3.8) is 0 Å². The summed E-state index contributed by atoms with van der Waals surface area (Å²) in [5.41, 5.74) is 2.24. The van der Waals surface area contributed by atoms with Gasteiger partial charge in [0.1, 0.15) is 17.7 Å². The highest BCUT2D eigenvalue weighted by Crippen LogP contribution is 2.32. The molecule has 3 atom stereocenters. The summed E-state index contributed by atoms with van der Waals surface area (Å²) in [6.45, 7) is 9.58. The molecule has 1 aromatic carbocycles. The number of aromatic amines is 1. The highest BCUT2D eigenvalue weighted by molar-refractivity contribution is 7.99. The Morgan fingerprint density at radius 3 is 2.69 bits per heavy atom. The number of methoxy groups -OCH3 is 1. The van der Waals surface area contributed by atoms with Gasteiger partial charge in [0.25, 0.3) is 5.22 Å². The van der Waals surface area contributed by atoms with Gasteiger partial charge in [0.15, 0.2) is 0 Å². The molecule has 0 bridgehead atoms. The number of hydrogen-bond donors (Lipinski definition) is 2. The number of para-hydroxylation sites is 1. The van der Waals surface area contributed by atoms with Gasteiger partial charge in [0, 0.05) is 23.0 Å². The van der Waals surface area contributed by atoms with Crippen molar-refractivity contribution in [1.29, 1.82) is 0 Å². The van der Waals surface area contributed by atoms with E-state index in [-0.39, 0.29) is 35.2 Å². The highest BCUT2D eigenvalue weighted by atomic mass is 32.2. The Bertz CT molecular complexity index is 1350. The van der Waals surface area contributed by atoms with Crippen LogP contribution in [0.3, 0.4) is 0 Å². The first kappa shape index (κ1) is 28.5. The zero-order valence-corrected chi connectivity index (χ0v) is 23.9. The van der Waals surface area contributed by atoms with E-state index in [2.05, 4.69) is 20.5 Å². The second kappa shape index (κ2) is 11.7. The first-order valence-electron chi connectivity index (χ1n) is 12.9. The van der Waals surface area contributed by atoms with E-state index in [4.69, 9.17) is 13.9 Å². The SMILES string of the molecule is CCC(C)C(NC(=O)OC(C)(C)C)c1nnc(SCC(=O)N2Cc3[nH]c4ccccc4c3CC2C(=O)OC)o1. The third-order valence-electron chi connectivity index (χ3n) is 6.69. The molecule has 0 aliphatic carbocycles. The maximum atomic E-state index is 13.3. The third kappa shape index (κ3) is 6.55. The Labute approximate surface area is 231 Å². The molecular formula is C27H35N5O6S. The summed E-state index contributed by atoms with van der Waals surface area (Å²) in [6.07, 6.45) is 0.536. The lowest BCUT2D eigenvalue weighted by atomic mass is 9.96. The first-order valence-corrected chi connectivity index (χ1v) is 13.9. The van der Waals surface area contributed by atoms with Crippen molar-refractivity contribution in [2.75, 3.05) is 12.9 Å². The van der Waals surface area contributed by atoms with Crippen molar-refractivity contribution in [1.82, 2.24) is 25.4 Å². The number of alkyl carbamates (subject to hydrolysis) is 1. The normalized spacial score (nSPS) is 16.9. The fraction of sp³-hybridized carbons (Fsp3) is 0.519. The van der Waals surface area contributed by atoms with Crippen molar-refractivity contribution in [3.8, 4) is 0 Å². The van der Waals surface area contributed by atoms with Gasteiger partial charge in [-0.3, -0.25) is 4.79 Å². The standard InChI is InChI=1S/C27H35N5O6S/c1-7-15(2)22(29-25(35)38-27(3,4)5)23-30-31-26(37-23)39-14-21(33)32-13-19-17(12-20(32)24(34)36-6)16-10-8-9-11-18(16)28-19/h8-11,15,20,22,28H,7,12-14H2,1-6H3,(H,29,35). The molecule has 3 heterocycles. The molecule has 0 saturated heterocycles. The van der Waals surface area contributed by atoms with E-state index in [9.17, 15) is 14.4 Å². The molecule has 2 N–H and O–H groups in total. The van der Waals surface area contributed by atoms with E-state index in [1.165, 1.54) is 12.0 Å². The summed E-state index contributed by atoms with van der Waals surface area (Å²) in [7, 11) is 1.32. The monoisotopic (exact) mass is 557 g/mol. The summed E-state index contributed by atoms with van der Waals surface area (Å²) in [5.74, 6) is -0.507. The fourth-order valence-corrected chi connectivity index (χ4v) is 5.20. The van der Waals surface area contributed by atoms with E-state index < -0.39 is 29.7 Å². The smallest absolute Gasteiger partial charge is 0.408 e. The van der Waals surface area contributed by atoms with Crippen LogP contribution in [-0.4, -0.2) is 62.6 Å². The van der Waals surface area contributed by atoms with Gasteiger partial charge in [-0.05, 0) is 38.3 Å². The number of benzene rings is 1. The predicted molar refractivity (Wildman–Crippen MR) is 145 cm³/mol. The number of ether oxygens (including phenoxy) is 2. The molecule has 1 aliphatic rings. The highest BCUT2D eigenvalue weighted by Gasteiger charge is 2.37. The first-order chi connectivity index (χ1) is 18.5. The number of H-pyrrole nitrogens is 1. The number of rotatable bonds is 8. The molecule has 1 aliphatic heterocycles. The van der Waals surface area contributed by atoms with Gasteiger partial charge in [-0.25, -0.2) is 9.59 Å². The topological polar surface area (TPSA) is 140 Å². The average Bonchev–Trinajstić information content (AvgIpc) is 3.52. The second-order valence-corrected chi connectivity index (χ2v) is 11.5. The minimum absolute atomic E-state index is 0.00267. The number of carbonyl (C=O) groups is 3. The fourth-order valence-electron chi connectivity index (χ4n) is 4.55. The molecule has 4 rings (SSSR count). The van der Waals surface area contributed by atoms with Crippen LogP contribution in [0.4, 0.5) is 4.79 Å². The number of hydrogen-bond acceptors (Lipinski definition) is 9. The number of aromatic nitrogens is 3. The number of amides is 2. The summed E-state index contributed by atoms with van der Waals surface area (Å²) >= 11 is 1.08. The maximum absolute atomic E-state index is 13.3. The molecule has 11 nitrogen and oxygen atoms in total. The van der Waals surface area contributed by atoms with E-state index in [0.29, 0.717) is 6.42 Å². The Morgan fingerprint density at radius 1 is 1.26 bits per heavy atom. The molecule has 3 unspecified atom stereocenters. The predicted octanol–water partition coefficient (Wildman–Crippen LogP) is 4.38. The molecule has 12 heteroatoms. The number of nitrogens with one attached hydrogen (secondary N) is 2. The molecule has 210 valence electrons. The van der Waals surface area contributed by atoms with Crippen LogP contribution in [0, 0.1) is 5.92 Å². The molecule has 3 aromatic rings. The van der Waals surface area contributed by atoms with Crippen LogP contribution >= 0.6 is 11.8 Å². The molecule has 2 aromatic heterocycles. The van der Waals surface area contributed by atoms with Gasteiger partial charge in [-0.15, -0.1) is 10.2 Å². The second-order valence-electron chi connectivity index (χ2n) is 10.6. The van der Waals surface area contributed by atoms with Crippen LogP contribution in [0.5, 0.6) is 0 Å². The number of carbonyl (C=O) groups excluding carboxylic acids is 3. The van der Waals surface area contributed by atoms with E-state index >= 15 is 0 Å². The Balaban J connectivity index is 1.46. The molecule has 2 amide bonds. The number of nitrogens with zero attached hydrogens (tertiary/aromatic N) is 3. The minimum atomic E-state index is -0.735. The quantitative estimate of drug-likeness (QED) is 0.305. The molecule has 0 fully saturated rings. The number of fused-ring (bicyclic) bond motifs is 3.